The van der Waals surface area contributed by atoms with E-state index in [1.165, 1.54) is 11.8 Å². The Kier molecular flexibility index (Phi) is 6.10. The minimum Gasteiger partial charge on any atom is -0.308 e. The zero-order valence-electron chi connectivity index (χ0n) is 14.3. The van der Waals surface area contributed by atoms with E-state index in [1.54, 1.807) is 41.0 Å². The molecule has 0 atom stereocenters. The Morgan fingerprint density at radius 2 is 1.78 bits per heavy atom. The lowest BCUT2D eigenvalue weighted by Gasteiger charge is -2.06. The highest BCUT2D eigenvalue weighted by molar-refractivity contribution is 7.99. The molecule has 2 N–H and O–H groups in total. The molecule has 0 aliphatic rings. The van der Waals surface area contributed by atoms with Crippen LogP contribution in [0.5, 0.6) is 0 Å². The molecular formula is C18H16ClN5O2S. The van der Waals surface area contributed by atoms with Crippen molar-refractivity contribution in [2.24, 2.45) is 7.05 Å². The van der Waals surface area contributed by atoms with Crippen molar-refractivity contribution in [3.63, 3.8) is 0 Å². The summed E-state index contributed by atoms with van der Waals surface area (Å²) in [7, 11) is 1.81. The third-order valence-electron chi connectivity index (χ3n) is 3.55. The number of hydrogen-bond donors (Lipinski definition) is 2. The Labute approximate surface area is 165 Å². The minimum atomic E-state index is -0.577. The molecule has 2 aromatic carbocycles. The van der Waals surface area contributed by atoms with Gasteiger partial charge in [-0.15, -0.1) is 10.2 Å². The number of thioether (sulfide) groups is 1. The molecular weight excluding hydrogens is 386 g/mol. The summed E-state index contributed by atoms with van der Waals surface area (Å²) in [6.07, 6.45) is 0. The Morgan fingerprint density at radius 3 is 2.48 bits per heavy atom. The van der Waals surface area contributed by atoms with Gasteiger partial charge in [0.05, 0.1) is 5.75 Å². The number of carbonyl (C=O) groups excluding carboxylic acids is 2. The monoisotopic (exact) mass is 401 g/mol. The molecule has 138 valence electrons. The van der Waals surface area contributed by atoms with Crippen molar-refractivity contribution in [2.75, 3.05) is 11.1 Å². The highest BCUT2D eigenvalue weighted by Gasteiger charge is 2.14. The van der Waals surface area contributed by atoms with Crippen molar-refractivity contribution in [1.29, 1.82) is 0 Å². The summed E-state index contributed by atoms with van der Waals surface area (Å²) in [4.78, 5) is 23.8. The van der Waals surface area contributed by atoms with Crippen LogP contribution in [0.3, 0.4) is 0 Å². The van der Waals surface area contributed by atoms with E-state index in [2.05, 4.69) is 20.8 Å². The topological polar surface area (TPSA) is 88.9 Å². The summed E-state index contributed by atoms with van der Waals surface area (Å²) < 4.78 is 1.78. The van der Waals surface area contributed by atoms with Crippen LogP contribution in [0, 0.1) is 0 Å². The molecule has 0 aliphatic heterocycles. The summed E-state index contributed by atoms with van der Waals surface area (Å²) in [6.45, 7) is 0. The fourth-order valence-corrected chi connectivity index (χ4v) is 3.10. The molecule has 0 saturated heterocycles. The van der Waals surface area contributed by atoms with Crippen LogP contribution in [0.4, 0.5) is 10.5 Å². The van der Waals surface area contributed by atoms with E-state index in [1.807, 2.05) is 25.2 Å². The van der Waals surface area contributed by atoms with Gasteiger partial charge in [0, 0.05) is 23.3 Å². The van der Waals surface area contributed by atoms with Crippen molar-refractivity contribution >= 4 is 41.0 Å². The number of benzene rings is 2. The van der Waals surface area contributed by atoms with Crippen LogP contribution in [0.1, 0.15) is 0 Å². The maximum Gasteiger partial charge on any atom is 0.325 e. The summed E-state index contributed by atoms with van der Waals surface area (Å²) in [5, 5.41) is 14.3. The van der Waals surface area contributed by atoms with Crippen molar-refractivity contribution in [3.05, 3.63) is 59.6 Å². The quantitative estimate of drug-likeness (QED) is 0.638. The molecule has 3 aromatic rings. The number of hydrogen-bond acceptors (Lipinski definition) is 5. The third-order valence-corrected chi connectivity index (χ3v) is 4.83. The number of para-hydroxylation sites is 1. The highest BCUT2D eigenvalue weighted by atomic mass is 35.5. The van der Waals surface area contributed by atoms with Crippen molar-refractivity contribution in [3.8, 4) is 11.4 Å². The molecule has 0 bridgehead atoms. The minimum absolute atomic E-state index is 0.0365. The number of aromatic nitrogens is 3. The van der Waals surface area contributed by atoms with Gasteiger partial charge in [-0.3, -0.25) is 10.1 Å². The lowest BCUT2D eigenvalue weighted by molar-refractivity contribution is -0.117. The normalized spacial score (nSPS) is 10.4. The Morgan fingerprint density at radius 1 is 1.07 bits per heavy atom. The van der Waals surface area contributed by atoms with Crippen molar-refractivity contribution < 1.29 is 9.59 Å². The Balaban J connectivity index is 1.54. The molecule has 3 rings (SSSR count). The van der Waals surface area contributed by atoms with Crippen LogP contribution in [0.15, 0.2) is 59.8 Å². The second kappa shape index (κ2) is 8.70. The lowest BCUT2D eigenvalue weighted by Crippen LogP contribution is -2.35. The molecule has 0 radical (unpaired) electrons. The Hall–Kier alpha value is -2.84. The number of nitrogens with zero attached hydrogens (tertiary/aromatic N) is 3. The fraction of sp³-hybridized carbons (Fsp3) is 0.111. The first kappa shape index (κ1) is 18.9. The molecule has 0 aliphatic carbocycles. The molecule has 0 spiro atoms. The molecule has 27 heavy (non-hydrogen) atoms. The third kappa shape index (κ3) is 5.08. The van der Waals surface area contributed by atoms with E-state index in [-0.39, 0.29) is 5.75 Å². The van der Waals surface area contributed by atoms with Gasteiger partial charge in [0.15, 0.2) is 11.0 Å². The van der Waals surface area contributed by atoms with Gasteiger partial charge < -0.3 is 9.88 Å². The van der Waals surface area contributed by atoms with Crippen LogP contribution in [0.2, 0.25) is 5.02 Å². The zero-order chi connectivity index (χ0) is 19.2. The van der Waals surface area contributed by atoms with Crippen LogP contribution < -0.4 is 10.6 Å². The Bertz CT molecular complexity index is 944. The van der Waals surface area contributed by atoms with Gasteiger partial charge in [0.2, 0.25) is 5.91 Å². The second-order valence-corrected chi connectivity index (χ2v) is 6.91. The first-order valence-corrected chi connectivity index (χ1v) is 9.33. The summed E-state index contributed by atoms with van der Waals surface area (Å²) in [5.74, 6) is 0.273. The number of urea groups is 1. The number of imide groups is 1. The largest absolute Gasteiger partial charge is 0.325 e. The van der Waals surface area contributed by atoms with E-state index in [0.717, 1.165) is 5.56 Å². The summed E-state index contributed by atoms with van der Waals surface area (Å²) in [6, 6.07) is 15.6. The zero-order valence-corrected chi connectivity index (χ0v) is 15.9. The molecule has 0 unspecified atom stereocenters. The first-order chi connectivity index (χ1) is 13.0. The molecule has 0 saturated carbocycles. The number of nitrogens with one attached hydrogen (secondary N) is 2. The van der Waals surface area contributed by atoms with Crippen molar-refractivity contribution in [2.45, 2.75) is 5.16 Å². The molecule has 9 heteroatoms. The highest BCUT2D eigenvalue weighted by Crippen LogP contribution is 2.23. The van der Waals surface area contributed by atoms with Gasteiger partial charge in [-0.1, -0.05) is 41.6 Å². The van der Waals surface area contributed by atoms with Gasteiger partial charge in [0.25, 0.3) is 0 Å². The van der Waals surface area contributed by atoms with Gasteiger partial charge in [-0.25, -0.2) is 4.79 Å². The van der Waals surface area contributed by atoms with Gasteiger partial charge in [0.1, 0.15) is 0 Å². The number of rotatable bonds is 5. The van der Waals surface area contributed by atoms with E-state index in [0.29, 0.717) is 21.7 Å². The molecule has 7 nitrogen and oxygen atoms in total. The smallest absolute Gasteiger partial charge is 0.308 e. The summed E-state index contributed by atoms with van der Waals surface area (Å²) >= 11 is 7.09. The van der Waals surface area contributed by atoms with Crippen LogP contribution in [-0.4, -0.2) is 32.5 Å². The standard InChI is InChI=1S/C18H16ClN5O2S/c1-24-16(12-7-9-13(19)10-8-12)22-23-18(24)27-11-15(25)21-17(26)20-14-5-3-2-4-6-14/h2-10H,11H2,1H3,(H2,20,21,25,26). The van der Waals surface area contributed by atoms with E-state index in [4.69, 9.17) is 11.6 Å². The SMILES string of the molecule is Cn1c(SCC(=O)NC(=O)Nc2ccccc2)nnc1-c1ccc(Cl)cc1. The van der Waals surface area contributed by atoms with Gasteiger partial charge >= 0.3 is 6.03 Å². The van der Waals surface area contributed by atoms with E-state index < -0.39 is 11.9 Å². The van der Waals surface area contributed by atoms with E-state index in [9.17, 15) is 9.59 Å². The maximum atomic E-state index is 12.0. The lowest BCUT2D eigenvalue weighted by atomic mass is 10.2. The summed E-state index contributed by atoms with van der Waals surface area (Å²) in [5.41, 5.74) is 1.48. The molecule has 1 heterocycles. The number of halogens is 1. The number of amides is 3. The molecule has 0 fully saturated rings. The maximum absolute atomic E-state index is 12.0. The predicted molar refractivity (Wildman–Crippen MR) is 106 cm³/mol. The van der Waals surface area contributed by atoms with Crippen molar-refractivity contribution in [1.82, 2.24) is 20.1 Å². The predicted octanol–water partition coefficient (Wildman–Crippen LogP) is 3.58. The number of carbonyl (C=O) groups is 2. The molecule has 3 amide bonds. The molecule has 1 aromatic heterocycles. The van der Waals surface area contributed by atoms with Crippen LogP contribution in [-0.2, 0) is 11.8 Å². The van der Waals surface area contributed by atoms with Crippen LogP contribution >= 0.6 is 23.4 Å². The van der Waals surface area contributed by atoms with Gasteiger partial charge in [-0.05, 0) is 36.4 Å². The van der Waals surface area contributed by atoms with Gasteiger partial charge in [-0.2, -0.15) is 0 Å². The fourth-order valence-electron chi connectivity index (χ4n) is 2.27. The van der Waals surface area contributed by atoms with E-state index >= 15 is 0 Å². The second-order valence-electron chi connectivity index (χ2n) is 5.53. The first-order valence-electron chi connectivity index (χ1n) is 7.97. The average molecular weight is 402 g/mol. The number of anilines is 1. The van der Waals surface area contributed by atoms with Crippen LogP contribution in [0.25, 0.3) is 11.4 Å². The average Bonchev–Trinajstić information content (AvgIpc) is 3.02.